The van der Waals surface area contributed by atoms with Crippen LogP contribution in [-0.2, 0) is 6.54 Å². The van der Waals surface area contributed by atoms with E-state index in [4.69, 9.17) is 23.2 Å². The standard InChI is InChI=1S/C13H9BrCl2N2O2/c14-8-4-5-12(11(16)6-8)17-7-9-10(15)2-1-3-13(9)18(19)20/h1-6,17H,7H2. The van der Waals surface area contributed by atoms with Crippen LogP contribution in [0.4, 0.5) is 11.4 Å². The van der Waals surface area contributed by atoms with E-state index in [1.165, 1.54) is 6.07 Å². The summed E-state index contributed by atoms with van der Waals surface area (Å²) >= 11 is 15.4. The van der Waals surface area contributed by atoms with E-state index in [2.05, 4.69) is 21.2 Å². The van der Waals surface area contributed by atoms with Gasteiger partial charge in [0.05, 0.1) is 26.2 Å². The number of hydrogen-bond donors (Lipinski definition) is 1. The summed E-state index contributed by atoms with van der Waals surface area (Å²) in [7, 11) is 0. The summed E-state index contributed by atoms with van der Waals surface area (Å²) in [6, 6.07) is 9.95. The first-order valence-corrected chi connectivity index (χ1v) is 7.14. The lowest BCUT2D eigenvalue weighted by molar-refractivity contribution is -0.385. The largest absolute Gasteiger partial charge is 0.379 e. The molecule has 0 fully saturated rings. The van der Waals surface area contributed by atoms with Gasteiger partial charge in [-0.15, -0.1) is 0 Å². The quantitative estimate of drug-likeness (QED) is 0.584. The molecule has 0 aliphatic heterocycles. The number of nitrogens with one attached hydrogen (secondary N) is 1. The van der Waals surface area contributed by atoms with E-state index in [-0.39, 0.29) is 12.2 Å². The normalized spacial score (nSPS) is 10.3. The number of nitro benzene ring substituents is 1. The van der Waals surface area contributed by atoms with Crippen LogP contribution in [0.15, 0.2) is 40.9 Å². The van der Waals surface area contributed by atoms with Gasteiger partial charge < -0.3 is 5.32 Å². The Morgan fingerprint density at radius 2 is 1.95 bits per heavy atom. The average molecular weight is 376 g/mol. The van der Waals surface area contributed by atoms with Crippen LogP contribution in [-0.4, -0.2) is 4.92 Å². The highest BCUT2D eigenvalue weighted by Gasteiger charge is 2.16. The minimum Gasteiger partial charge on any atom is -0.379 e. The molecule has 2 rings (SSSR count). The summed E-state index contributed by atoms with van der Waals surface area (Å²) in [5.74, 6) is 0. The Kier molecular flexibility index (Phi) is 4.86. The van der Waals surface area contributed by atoms with Crippen molar-refractivity contribution in [3.63, 3.8) is 0 Å². The molecule has 104 valence electrons. The summed E-state index contributed by atoms with van der Waals surface area (Å²) in [5.41, 5.74) is 1.10. The van der Waals surface area contributed by atoms with Crippen LogP contribution in [0, 0.1) is 10.1 Å². The van der Waals surface area contributed by atoms with Gasteiger partial charge in [0.15, 0.2) is 0 Å². The molecule has 0 aromatic heterocycles. The van der Waals surface area contributed by atoms with Crippen LogP contribution < -0.4 is 5.32 Å². The van der Waals surface area contributed by atoms with Crippen molar-refractivity contribution in [1.82, 2.24) is 0 Å². The fourth-order valence-corrected chi connectivity index (χ4v) is 2.69. The molecule has 2 aromatic rings. The van der Waals surface area contributed by atoms with Crippen LogP contribution in [0.2, 0.25) is 10.0 Å². The van der Waals surface area contributed by atoms with E-state index >= 15 is 0 Å². The molecule has 4 nitrogen and oxygen atoms in total. The van der Waals surface area contributed by atoms with Crippen LogP contribution in [0.3, 0.4) is 0 Å². The third-order valence-corrected chi connectivity index (χ3v) is 3.84. The molecule has 0 heterocycles. The van der Waals surface area contributed by atoms with E-state index < -0.39 is 4.92 Å². The van der Waals surface area contributed by atoms with Gasteiger partial charge in [-0.1, -0.05) is 45.2 Å². The van der Waals surface area contributed by atoms with E-state index in [0.717, 1.165) is 4.47 Å². The third kappa shape index (κ3) is 3.42. The van der Waals surface area contributed by atoms with Crippen molar-refractivity contribution in [2.45, 2.75) is 6.54 Å². The second-order valence-electron chi connectivity index (χ2n) is 3.97. The fourth-order valence-electron chi connectivity index (χ4n) is 1.71. The molecule has 20 heavy (non-hydrogen) atoms. The molecule has 0 aliphatic rings. The number of anilines is 1. The highest BCUT2D eigenvalue weighted by atomic mass is 79.9. The second kappa shape index (κ2) is 6.43. The zero-order valence-electron chi connectivity index (χ0n) is 10.1. The molecule has 0 bridgehead atoms. The van der Waals surface area contributed by atoms with E-state index in [0.29, 0.717) is 21.3 Å². The van der Waals surface area contributed by atoms with Crippen molar-refractivity contribution in [2.24, 2.45) is 0 Å². The molecule has 7 heteroatoms. The van der Waals surface area contributed by atoms with Crippen molar-refractivity contribution in [3.8, 4) is 0 Å². The van der Waals surface area contributed by atoms with E-state index in [9.17, 15) is 10.1 Å². The fraction of sp³-hybridized carbons (Fsp3) is 0.0769. The van der Waals surface area contributed by atoms with Gasteiger partial charge in [-0.3, -0.25) is 10.1 Å². The molecular formula is C13H9BrCl2N2O2. The van der Waals surface area contributed by atoms with Crippen molar-refractivity contribution in [3.05, 3.63) is 66.6 Å². The van der Waals surface area contributed by atoms with Crippen LogP contribution in [0.5, 0.6) is 0 Å². The first-order chi connectivity index (χ1) is 9.49. The predicted octanol–water partition coefficient (Wildman–Crippen LogP) is 5.28. The Balaban J connectivity index is 2.25. The lowest BCUT2D eigenvalue weighted by atomic mass is 10.1. The SMILES string of the molecule is O=[N+]([O-])c1cccc(Cl)c1CNc1ccc(Br)cc1Cl. The van der Waals surface area contributed by atoms with Crippen LogP contribution in [0.25, 0.3) is 0 Å². The average Bonchev–Trinajstić information content (AvgIpc) is 2.38. The molecule has 2 aromatic carbocycles. The van der Waals surface area contributed by atoms with Gasteiger partial charge in [-0.2, -0.15) is 0 Å². The minimum atomic E-state index is -0.452. The third-order valence-electron chi connectivity index (χ3n) is 2.68. The zero-order chi connectivity index (χ0) is 14.7. The summed E-state index contributed by atoms with van der Waals surface area (Å²) < 4.78 is 0.858. The smallest absolute Gasteiger partial charge is 0.275 e. The van der Waals surface area contributed by atoms with Gasteiger partial charge in [0, 0.05) is 17.1 Å². The van der Waals surface area contributed by atoms with Crippen molar-refractivity contribution < 1.29 is 4.92 Å². The Hall–Kier alpha value is -1.30. The maximum Gasteiger partial charge on any atom is 0.275 e. The highest BCUT2D eigenvalue weighted by Crippen LogP contribution is 2.30. The number of halogens is 3. The second-order valence-corrected chi connectivity index (χ2v) is 5.70. The molecule has 1 N–H and O–H groups in total. The van der Waals surface area contributed by atoms with E-state index in [1.807, 2.05) is 6.07 Å². The highest BCUT2D eigenvalue weighted by molar-refractivity contribution is 9.10. The van der Waals surface area contributed by atoms with Crippen molar-refractivity contribution in [2.75, 3.05) is 5.32 Å². The number of nitrogens with zero attached hydrogens (tertiary/aromatic N) is 1. The van der Waals surface area contributed by atoms with Crippen molar-refractivity contribution >= 4 is 50.5 Å². The summed E-state index contributed by atoms with van der Waals surface area (Å²) in [4.78, 5) is 10.5. The van der Waals surface area contributed by atoms with Gasteiger partial charge in [0.25, 0.3) is 5.69 Å². The molecule has 0 saturated carbocycles. The number of nitro groups is 1. The zero-order valence-corrected chi connectivity index (χ0v) is 13.2. The predicted molar refractivity (Wildman–Crippen MR) is 84.6 cm³/mol. The Bertz CT molecular complexity index is 665. The monoisotopic (exact) mass is 374 g/mol. The molecule has 0 spiro atoms. The van der Waals surface area contributed by atoms with Gasteiger partial charge >= 0.3 is 0 Å². The van der Waals surface area contributed by atoms with Gasteiger partial charge in [0.2, 0.25) is 0 Å². The Labute approximate surface area is 134 Å². The lowest BCUT2D eigenvalue weighted by Gasteiger charge is -2.10. The first kappa shape index (κ1) is 15.1. The number of hydrogen-bond acceptors (Lipinski definition) is 3. The molecular weight excluding hydrogens is 367 g/mol. The first-order valence-electron chi connectivity index (χ1n) is 5.59. The van der Waals surface area contributed by atoms with Crippen LogP contribution >= 0.6 is 39.1 Å². The Morgan fingerprint density at radius 1 is 1.20 bits per heavy atom. The molecule has 0 atom stereocenters. The number of benzene rings is 2. The molecule has 0 radical (unpaired) electrons. The molecule has 0 unspecified atom stereocenters. The Morgan fingerprint density at radius 3 is 2.60 bits per heavy atom. The maximum absolute atomic E-state index is 11.0. The summed E-state index contributed by atoms with van der Waals surface area (Å²) in [6.07, 6.45) is 0. The summed E-state index contributed by atoms with van der Waals surface area (Å²) in [6.45, 7) is 0.220. The van der Waals surface area contributed by atoms with E-state index in [1.54, 1.807) is 24.3 Å². The minimum absolute atomic E-state index is 0.0155. The van der Waals surface area contributed by atoms with Gasteiger partial charge in [-0.05, 0) is 24.3 Å². The van der Waals surface area contributed by atoms with Crippen molar-refractivity contribution in [1.29, 1.82) is 0 Å². The molecule has 0 amide bonds. The topological polar surface area (TPSA) is 55.2 Å². The molecule has 0 aliphatic carbocycles. The van der Waals surface area contributed by atoms with Crippen LogP contribution in [0.1, 0.15) is 5.56 Å². The molecule has 0 saturated heterocycles. The van der Waals surface area contributed by atoms with Gasteiger partial charge in [-0.25, -0.2) is 0 Å². The number of rotatable bonds is 4. The van der Waals surface area contributed by atoms with Gasteiger partial charge in [0.1, 0.15) is 0 Å². The summed E-state index contributed by atoms with van der Waals surface area (Å²) in [5, 5.41) is 14.9. The lowest BCUT2D eigenvalue weighted by Crippen LogP contribution is -2.04. The maximum atomic E-state index is 11.0.